The first-order valence-electron chi connectivity index (χ1n) is 7.16. The minimum Gasteiger partial charge on any atom is -0.383 e. The normalized spacial score (nSPS) is 29.6. The molecule has 0 aromatic carbocycles. The van der Waals surface area contributed by atoms with E-state index in [1.807, 2.05) is 0 Å². The van der Waals surface area contributed by atoms with Crippen molar-refractivity contribution in [2.24, 2.45) is 5.92 Å². The van der Waals surface area contributed by atoms with Crippen LogP contribution >= 0.6 is 0 Å². The number of hydrogen-bond acceptors (Lipinski definition) is 3. The fourth-order valence-corrected chi connectivity index (χ4v) is 3.58. The molecule has 1 saturated heterocycles. The second kappa shape index (κ2) is 6.17. The molecule has 0 bridgehead atoms. The van der Waals surface area contributed by atoms with Crippen LogP contribution in [0.3, 0.4) is 0 Å². The Morgan fingerprint density at radius 2 is 2.18 bits per heavy atom. The van der Waals surface area contributed by atoms with Gasteiger partial charge < -0.3 is 14.8 Å². The largest absolute Gasteiger partial charge is 0.383 e. The van der Waals surface area contributed by atoms with Gasteiger partial charge in [0.25, 0.3) is 0 Å². The van der Waals surface area contributed by atoms with Gasteiger partial charge in [-0.15, -0.1) is 0 Å². The van der Waals surface area contributed by atoms with Crippen molar-refractivity contribution in [1.82, 2.24) is 5.32 Å². The van der Waals surface area contributed by atoms with Crippen molar-refractivity contribution < 1.29 is 9.47 Å². The molecular weight excluding hydrogens is 214 g/mol. The molecule has 1 aliphatic heterocycles. The van der Waals surface area contributed by atoms with E-state index < -0.39 is 0 Å². The molecule has 0 amide bonds. The van der Waals surface area contributed by atoms with Gasteiger partial charge in [0, 0.05) is 19.8 Å². The zero-order valence-electron chi connectivity index (χ0n) is 11.3. The second-order valence-electron chi connectivity index (χ2n) is 5.61. The van der Waals surface area contributed by atoms with E-state index in [0.717, 1.165) is 25.7 Å². The first kappa shape index (κ1) is 13.3. The Hall–Kier alpha value is -0.120. The lowest BCUT2D eigenvalue weighted by Crippen LogP contribution is -2.47. The third kappa shape index (κ3) is 3.21. The summed E-state index contributed by atoms with van der Waals surface area (Å²) in [6, 6.07) is 0.506. The van der Waals surface area contributed by atoms with E-state index in [1.54, 1.807) is 7.11 Å². The first-order chi connectivity index (χ1) is 8.29. The Morgan fingerprint density at radius 3 is 2.82 bits per heavy atom. The maximum absolute atomic E-state index is 6.09. The average Bonchev–Trinajstić information content (AvgIpc) is 2.77. The van der Waals surface area contributed by atoms with Crippen LogP contribution in [0.1, 0.15) is 45.4 Å². The quantitative estimate of drug-likeness (QED) is 0.801. The van der Waals surface area contributed by atoms with Gasteiger partial charge in [-0.3, -0.25) is 0 Å². The molecule has 2 unspecified atom stereocenters. The van der Waals surface area contributed by atoms with Crippen LogP contribution in [0, 0.1) is 5.92 Å². The summed E-state index contributed by atoms with van der Waals surface area (Å²) in [5.74, 6) is 0.724. The molecule has 1 spiro atoms. The number of nitrogens with one attached hydrogen (secondary N) is 1. The van der Waals surface area contributed by atoms with Crippen LogP contribution in [0.15, 0.2) is 0 Å². The highest BCUT2D eigenvalue weighted by molar-refractivity contribution is 4.94. The third-order valence-electron chi connectivity index (χ3n) is 4.43. The van der Waals surface area contributed by atoms with Gasteiger partial charge in [0.05, 0.1) is 12.2 Å². The molecule has 3 nitrogen and oxygen atoms in total. The molecule has 0 radical (unpaired) electrons. The Labute approximate surface area is 105 Å². The Kier molecular flexibility index (Phi) is 4.83. The van der Waals surface area contributed by atoms with Crippen molar-refractivity contribution in [3.8, 4) is 0 Å². The monoisotopic (exact) mass is 241 g/mol. The fourth-order valence-electron chi connectivity index (χ4n) is 3.58. The molecule has 2 aliphatic rings. The second-order valence-corrected chi connectivity index (χ2v) is 5.61. The van der Waals surface area contributed by atoms with E-state index in [9.17, 15) is 0 Å². The lowest BCUT2D eigenvalue weighted by Gasteiger charge is -2.41. The summed E-state index contributed by atoms with van der Waals surface area (Å²) in [5.41, 5.74) is 0.227. The summed E-state index contributed by atoms with van der Waals surface area (Å²) in [5, 5.41) is 3.58. The van der Waals surface area contributed by atoms with Crippen molar-refractivity contribution in [2.75, 3.05) is 26.9 Å². The van der Waals surface area contributed by atoms with Crippen LogP contribution < -0.4 is 5.32 Å². The Balaban J connectivity index is 1.94. The van der Waals surface area contributed by atoms with Gasteiger partial charge in [0.15, 0.2) is 0 Å². The average molecular weight is 241 g/mol. The maximum atomic E-state index is 6.09. The highest BCUT2D eigenvalue weighted by Gasteiger charge is 2.41. The third-order valence-corrected chi connectivity index (χ3v) is 4.43. The van der Waals surface area contributed by atoms with E-state index in [0.29, 0.717) is 6.04 Å². The molecule has 17 heavy (non-hydrogen) atoms. The van der Waals surface area contributed by atoms with Crippen LogP contribution in [0.5, 0.6) is 0 Å². The van der Waals surface area contributed by atoms with Gasteiger partial charge in [-0.05, 0) is 38.1 Å². The van der Waals surface area contributed by atoms with E-state index >= 15 is 0 Å². The minimum absolute atomic E-state index is 0.227. The van der Waals surface area contributed by atoms with Crippen molar-refractivity contribution in [3.05, 3.63) is 0 Å². The number of hydrogen-bond donors (Lipinski definition) is 1. The molecule has 1 aliphatic carbocycles. The smallest absolute Gasteiger partial charge is 0.0685 e. The Bertz CT molecular complexity index is 220. The van der Waals surface area contributed by atoms with Crippen molar-refractivity contribution >= 4 is 0 Å². The zero-order valence-corrected chi connectivity index (χ0v) is 11.3. The zero-order chi connectivity index (χ0) is 12.1. The van der Waals surface area contributed by atoms with Gasteiger partial charge >= 0.3 is 0 Å². The predicted octanol–water partition coefficient (Wildman–Crippen LogP) is 2.35. The van der Waals surface area contributed by atoms with Crippen LogP contribution in [-0.4, -0.2) is 38.5 Å². The fraction of sp³-hybridized carbons (Fsp3) is 1.00. The van der Waals surface area contributed by atoms with Crippen LogP contribution in [0.25, 0.3) is 0 Å². The predicted molar refractivity (Wildman–Crippen MR) is 69.2 cm³/mol. The van der Waals surface area contributed by atoms with E-state index in [4.69, 9.17) is 9.47 Å². The molecule has 0 aromatic heterocycles. The number of methoxy groups -OCH3 is 1. The number of ether oxygens (including phenoxy) is 2. The van der Waals surface area contributed by atoms with Gasteiger partial charge in [-0.25, -0.2) is 0 Å². The van der Waals surface area contributed by atoms with Crippen LogP contribution in [-0.2, 0) is 9.47 Å². The molecular formula is C14H27NO2. The van der Waals surface area contributed by atoms with Crippen LogP contribution in [0.4, 0.5) is 0 Å². The molecule has 0 aromatic rings. The number of rotatable bonds is 5. The highest BCUT2D eigenvalue weighted by Crippen LogP contribution is 2.42. The van der Waals surface area contributed by atoms with Gasteiger partial charge in [-0.2, -0.15) is 0 Å². The molecule has 1 heterocycles. The number of likely N-dealkylation sites (N-methyl/N-ethyl adjacent to an activating group) is 1. The Morgan fingerprint density at radius 1 is 1.41 bits per heavy atom. The highest BCUT2D eigenvalue weighted by atomic mass is 16.5. The molecule has 100 valence electrons. The van der Waals surface area contributed by atoms with E-state index in [2.05, 4.69) is 12.2 Å². The summed E-state index contributed by atoms with van der Waals surface area (Å²) in [6.45, 7) is 4.97. The van der Waals surface area contributed by atoms with Gasteiger partial charge in [0.1, 0.15) is 0 Å². The summed E-state index contributed by atoms with van der Waals surface area (Å²) < 4.78 is 11.5. The topological polar surface area (TPSA) is 30.5 Å². The molecule has 2 rings (SSSR count). The summed E-state index contributed by atoms with van der Waals surface area (Å²) in [4.78, 5) is 0. The van der Waals surface area contributed by atoms with Gasteiger partial charge in [-0.1, -0.05) is 19.8 Å². The lowest BCUT2D eigenvalue weighted by molar-refractivity contribution is -0.101. The summed E-state index contributed by atoms with van der Waals surface area (Å²) in [6.07, 6.45) is 7.66. The standard InChI is InChI=1S/C14H27NO2/c1-3-15-13(11-16-2)12-6-9-17-14(10-12)7-4-5-8-14/h12-13,15H,3-11H2,1-2H3. The minimum atomic E-state index is 0.227. The first-order valence-corrected chi connectivity index (χ1v) is 7.16. The summed E-state index contributed by atoms with van der Waals surface area (Å²) >= 11 is 0. The molecule has 1 N–H and O–H groups in total. The van der Waals surface area contributed by atoms with E-state index in [-0.39, 0.29) is 5.60 Å². The van der Waals surface area contributed by atoms with Crippen molar-refractivity contribution in [1.29, 1.82) is 0 Å². The molecule has 2 fully saturated rings. The SMILES string of the molecule is CCNC(COC)C1CCOC2(CCCC2)C1. The van der Waals surface area contributed by atoms with Crippen molar-refractivity contribution in [3.63, 3.8) is 0 Å². The van der Waals surface area contributed by atoms with Crippen molar-refractivity contribution in [2.45, 2.75) is 57.1 Å². The summed E-state index contributed by atoms with van der Waals surface area (Å²) in [7, 11) is 1.80. The molecule has 1 saturated carbocycles. The van der Waals surface area contributed by atoms with E-state index in [1.165, 1.54) is 38.5 Å². The van der Waals surface area contributed by atoms with Crippen LogP contribution in [0.2, 0.25) is 0 Å². The maximum Gasteiger partial charge on any atom is 0.0685 e. The van der Waals surface area contributed by atoms with Gasteiger partial charge in [0.2, 0.25) is 0 Å². The lowest BCUT2D eigenvalue weighted by atomic mass is 9.81. The molecule has 3 heteroatoms. The molecule has 2 atom stereocenters.